The number of carbonyl (C=O) groups is 1. The third kappa shape index (κ3) is 3.10. The molecule has 0 saturated heterocycles. The lowest BCUT2D eigenvalue weighted by atomic mass is 10.1. The quantitative estimate of drug-likeness (QED) is 0.822. The van der Waals surface area contributed by atoms with Gasteiger partial charge in [-0.15, -0.1) is 0 Å². The van der Waals surface area contributed by atoms with Crippen molar-refractivity contribution < 1.29 is 9.21 Å². The molecule has 2 aromatic rings. The molecule has 0 spiro atoms. The van der Waals surface area contributed by atoms with Crippen molar-refractivity contribution in [2.45, 2.75) is 39.8 Å². The van der Waals surface area contributed by atoms with Crippen molar-refractivity contribution >= 4 is 5.91 Å². The minimum atomic E-state index is -0.0364. The topological polar surface area (TPSA) is 33.5 Å². The maximum atomic E-state index is 12.7. The van der Waals surface area contributed by atoms with Gasteiger partial charge in [-0.2, -0.15) is 0 Å². The summed E-state index contributed by atoms with van der Waals surface area (Å²) in [7, 11) is 0. The standard InChI is InChI=1S/C17H21NO2/c1-4-14(3)18(12-15-8-6-5-7-9-15)17(19)16-13(2)10-11-20-16/h5-11,14H,4,12H2,1-3H3. The molecule has 0 aliphatic carbocycles. The fourth-order valence-corrected chi connectivity index (χ4v) is 2.15. The normalized spacial score (nSPS) is 12.2. The minimum Gasteiger partial charge on any atom is -0.459 e. The summed E-state index contributed by atoms with van der Waals surface area (Å²) in [5, 5.41) is 0. The molecule has 1 atom stereocenters. The summed E-state index contributed by atoms with van der Waals surface area (Å²) in [6.07, 6.45) is 2.48. The molecule has 1 aromatic heterocycles. The van der Waals surface area contributed by atoms with Gasteiger partial charge in [0.05, 0.1) is 6.26 Å². The SMILES string of the molecule is CCC(C)N(Cc1ccccc1)C(=O)c1occc1C. The van der Waals surface area contributed by atoms with Gasteiger partial charge in [0.2, 0.25) is 0 Å². The van der Waals surface area contributed by atoms with Crippen molar-refractivity contribution in [3.63, 3.8) is 0 Å². The zero-order valence-electron chi connectivity index (χ0n) is 12.3. The summed E-state index contributed by atoms with van der Waals surface area (Å²) >= 11 is 0. The second-order valence-corrected chi connectivity index (χ2v) is 5.11. The van der Waals surface area contributed by atoms with E-state index in [9.17, 15) is 4.79 Å². The van der Waals surface area contributed by atoms with E-state index in [2.05, 4.69) is 13.8 Å². The maximum absolute atomic E-state index is 12.7. The van der Waals surface area contributed by atoms with Gasteiger partial charge in [-0.3, -0.25) is 4.79 Å². The third-order valence-electron chi connectivity index (χ3n) is 3.64. The van der Waals surface area contributed by atoms with E-state index in [0.29, 0.717) is 12.3 Å². The molecule has 0 fully saturated rings. The number of hydrogen-bond acceptors (Lipinski definition) is 2. The predicted molar refractivity (Wildman–Crippen MR) is 79.5 cm³/mol. The largest absolute Gasteiger partial charge is 0.459 e. The Morgan fingerprint density at radius 1 is 1.25 bits per heavy atom. The Balaban J connectivity index is 2.24. The van der Waals surface area contributed by atoms with Crippen LogP contribution in [0.1, 0.15) is 41.9 Å². The van der Waals surface area contributed by atoms with Crippen LogP contribution in [0, 0.1) is 6.92 Å². The summed E-state index contributed by atoms with van der Waals surface area (Å²) in [6, 6.07) is 12.0. The monoisotopic (exact) mass is 271 g/mol. The number of nitrogens with zero attached hydrogens (tertiary/aromatic N) is 1. The van der Waals surface area contributed by atoms with Crippen molar-refractivity contribution in [2.24, 2.45) is 0 Å². The Labute approximate surface area is 120 Å². The zero-order valence-corrected chi connectivity index (χ0v) is 12.3. The lowest BCUT2D eigenvalue weighted by molar-refractivity contribution is 0.0637. The molecule has 0 N–H and O–H groups in total. The average Bonchev–Trinajstić information content (AvgIpc) is 2.90. The smallest absolute Gasteiger partial charge is 0.290 e. The van der Waals surface area contributed by atoms with Crippen LogP contribution >= 0.6 is 0 Å². The highest BCUT2D eigenvalue weighted by Gasteiger charge is 2.24. The van der Waals surface area contributed by atoms with E-state index in [0.717, 1.165) is 17.5 Å². The summed E-state index contributed by atoms with van der Waals surface area (Å²) < 4.78 is 5.35. The Bertz CT molecular complexity index is 559. The molecule has 1 unspecified atom stereocenters. The molecule has 3 nitrogen and oxygen atoms in total. The molecule has 1 aromatic carbocycles. The first kappa shape index (κ1) is 14.4. The van der Waals surface area contributed by atoms with Crippen molar-refractivity contribution in [3.8, 4) is 0 Å². The number of rotatable bonds is 5. The van der Waals surface area contributed by atoms with E-state index in [-0.39, 0.29) is 11.9 Å². The van der Waals surface area contributed by atoms with Crippen LogP contribution < -0.4 is 0 Å². The van der Waals surface area contributed by atoms with Crippen LogP contribution in [-0.2, 0) is 6.54 Å². The van der Waals surface area contributed by atoms with Crippen LogP contribution in [0.5, 0.6) is 0 Å². The number of benzene rings is 1. The average molecular weight is 271 g/mol. The van der Waals surface area contributed by atoms with E-state index in [1.807, 2.05) is 48.2 Å². The maximum Gasteiger partial charge on any atom is 0.290 e. The lowest BCUT2D eigenvalue weighted by Crippen LogP contribution is -2.37. The number of furan rings is 1. The van der Waals surface area contributed by atoms with Crippen molar-refractivity contribution in [1.29, 1.82) is 0 Å². The van der Waals surface area contributed by atoms with E-state index < -0.39 is 0 Å². The molecular formula is C17H21NO2. The fourth-order valence-electron chi connectivity index (χ4n) is 2.15. The van der Waals surface area contributed by atoms with Crippen LogP contribution in [0.2, 0.25) is 0 Å². The third-order valence-corrected chi connectivity index (χ3v) is 3.64. The van der Waals surface area contributed by atoms with Gasteiger partial charge in [0.25, 0.3) is 5.91 Å². The second kappa shape index (κ2) is 6.42. The van der Waals surface area contributed by atoms with Gasteiger partial charge in [-0.1, -0.05) is 37.3 Å². The van der Waals surface area contributed by atoms with Crippen LogP contribution in [0.3, 0.4) is 0 Å². The first-order chi connectivity index (χ1) is 9.63. The first-order valence-electron chi connectivity index (χ1n) is 7.02. The van der Waals surface area contributed by atoms with Gasteiger partial charge in [0.1, 0.15) is 0 Å². The molecule has 2 rings (SSSR count). The van der Waals surface area contributed by atoms with Gasteiger partial charge in [-0.05, 0) is 31.9 Å². The van der Waals surface area contributed by atoms with E-state index >= 15 is 0 Å². The van der Waals surface area contributed by atoms with Crippen molar-refractivity contribution in [2.75, 3.05) is 0 Å². The van der Waals surface area contributed by atoms with Gasteiger partial charge in [0.15, 0.2) is 5.76 Å². The second-order valence-electron chi connectivity index (χ2n) is 5.11. The number of carbonyl (C=O) groups excluding carboxylic acids is 1. The molecule has 0 aliphatic rings. The van der Waals surface area contributed by atoms with Crippen LogP contribution in [0.25, 0.3) is 0 Å². The molecule has 0 saturated carbocycles. The molecule has 0 bridgehead atoms. The van der Waals surface area contributed by atoms with Crippen LogP contribution in [0.4, 0.5) is 0 Å². The Hall–Kier alpha value is -2.03. The van der Waals surface area contributed by atoms with Gasteiger partial charge < -0.3 is 9.32 Å². The van der Waals surface area contributed by atoms with Gasteiger partial charge in [0, 0.05) is 18.2 Å². The Morgan fingerprint density at radius 3 is 2.50 bits per heavy atom. The molecular weight excluding hydrogens is 250 g/mol. The highest BCUT2D eigenvalue weighted by atomic mass is 16.3. The van der Waals surface area contributed by atoms with E-state index in [1.165, 1.54) is 0 Å². The number of aryl methyl sites for hydroxylation is 1. The molecule has 1 amide bonds. The molecule has 0 aliphatic heterocycles. The van der Waals surface area contributed by atoms with Gasteiger partial charge >= 0.3 is 0 Å². The zero-order chi connectivity index (χ0) is 14.5. The molecule has 20 heavy (non-hydrogen) atoms. The first-order valence-corrected chi connectivity index (χ1v) is 7.02. The van der Waals surface area contributed by atoms with Crippen molar-refractivity contribution in [3.05, 3.63) is 59.5 Å². The van der Waals surface area contributed by atoms with Crippen LogP contribution in [0.15, 0.2) is 47.1 Å². The number of amides is 1. The Kier molecular flexibility index (Phi) is 4.61. The molecule has 106 valence electrons. The summed E-state index contributed by atoms with van der Waals surface area (Å²) in [6.45, 7) is 6.66. The molecule has 3 heteroatoms. The Morgan fingerprint density at radius 2 is 1.95 bits per heavy atom. The van der Waals surface area contributed by atoms with E-state index in [1.54, 1.807) is 6.26 Å². The fraction of sp³-hybridized carbons (Fsp3) is 0.353. The van der Waals surface area contributed by atoms with Crippen molar-refractivity contribution in [1.82, 2.24) is 4.90 Å². The molecule has 0 radical (unpaired) electrons. The predicted octanol–water partition coefficient (Wildman–Crippen LogP) is 4.03. The van der Waals surface area contributed by atoms with E-state index in [4.69, 9.17) is 4.42 Å². The highest BCUT2D eigenvalue weighted by molar-refractivity contribution is 5.93. The summed E-state index contributed by atoms with van der Waals surface area (Å²) in [5.41, 5.74) is 2.02. The van der Waals surface area contributed by atoms with Crippen LogP contribution in [-0.4, -0.2) is 16.8 Å². The summed E-state index contributed by atoms with van der Waals surface area (Å²) in [4.78, 5) is 14.5. The minimum absolute atomic E-state index is 0.0364. The molecule has 1 heterocycles. The lowest BCUT2D eigenvalue weighted by Gasteiger charge is -2.28. The number of hydrogen-bond donors (Lipinski definition) is 0. The summed E-state index contributed by atoms with van der Waals surface area (Å²) in [5.74, 6) is 0.409. The van der Waals surface area contributed by atoms with Gasteiger partial charge in [-0.25, -0.2) is 0 Å². The highest BCUT2D eigenvalue weighted by Crippen LogP contribution is 2.18.